The molecule has 0 fully saturated rings. The van der Waals surface area contributed by atoms with Gasteiger partial charge in [-0.3, -0.25) is 14.6 Å². The van der Waals surface area contributed by atoms with Gasteiger partial charge in [-0.15, -0.1) is 22.9 Å². The van der Waals surface area contributed by atoms with Crippen LogP contribution in [0.3, 0.4) is 0 Å². The molecule has 0 atom stereocenters. The summed E-state index contributed by atoms with van der Waals surface area (Å²) in [7, 11) is 0. The average molecular weight is 415 g/mol. The Morgan fingerprint density at radius 1 is 1.32 bits per heavy atom. The van der Waals surface area contributed by atoms with Gasteiger partial charge in [0.15, 0.2) is 0 Å². The fourth-order valence-electron chi connectivity index (χ4n) is 2.66. The molecule has 28 heavy (non-hydrogen) atoms. The number of carbonyl (C=O) groups is 2. The lowest BCUT2D eigenvalue weighted by atomic mass is 10.2. The highest BCUT2D eigenvalue weighted by Gasteiger charge is 2.18. The van der Waals surface area contributed by atoms with Gasteiger partial charge < -0.3 is 15.6 Å². The van der Waals surface area contributed by atoms with Crippen molar-refractivity contribution < 1.29 is 9.59 Å². The van der Waals surface area contributed by atoms with Gasteiger partial charge >= 0.3 is 0 Å². The second-order valence-corrected chi connectivity index (χ2v) is 7.29. The number of fused-ring (bicyclic) bond motifs is 1. The quantitative estimate of drug-likeness (QED) is 0.434. The maximum Gasteiger partial charge on any atom is 0.260 e. The first-order chi connectivity index (χ1) is 13.5. The molecule has 4 heterocycles. The molecule has 0 bridgehead atoms. The van der Waals surface area contributed by atoms with Gasteiger partial charge in [-0.2, -0.15) is 5.10 Å². The van der Waals surface area contributed by atoms with Crippen LogP contribution < -0.4 is 10.6 Å². The predicted octanol–water partition coefficient (Wildman–Crippen LogP) is 3.52. The molecule has 0 aliphatic heterocycles. The molecule has 8 nitrogen and oxygen atoms in total. The number of rotatable bonds is 5. The number of pyridine rings is 1. The highest BCUT2D eigenvalue weighted by molar-refractivity contribution is 7.21. The third-order valence-electron chi connectivity index (χ3n) is 4.06. The van der Waals surface area contributed by atoms with E-state index in [2.05, 4.69) is 25.7 Å². The molecule has 0 aliphatic carbocycles. The molecule has 4 aromatic rings. The maximum absolute atomic E-state index is 12.8. The molecule has 10 heteroatoms. The van der Waals surface area contributed by atoms with E-state index in [0.29, 0.717) is 22.6 Å². The summed E-state index contributed by atoms with van der Waals surface area (Å²) in [5, 5.41) is 9.73. The minimum Gasteiger partial charge on any atom is -0.367 e. The first-order valence-electron chi connectivity index (χ1n) is 8.29. The minimum absolute atomic E-state index is 0.161. The van der Waals surface area contributed by atoms with Crippen LogP contribution in [0.4, 0.5) is 11.4 Å². The third kappa shape index (κ3) is 3.49. The lowest BCUT2D eigenvalue weighted by Crippen LogP contribution is -2.15. The van der Waals surface area contributed by atoms with Crippen LogP contribution in [0, 0.1) is 6.92 Å². The van der Waals surface area contributed by atoms with Crippen molar-refractivity contribution in [2.75, 3.05) is 16.5 Å². The maximum atomic E-state index is 12.8. The van der Waals surface area contributed by atoms with Crippen LogP contribution in [0.1, 0.15) is 16.1 Å². The highest BCUT2D eigenvalue weighted by Crippen LogP contribution is 2.30. The largest absolute Gasteiger partial charge is 0.367 e. The molecule has 0 saturated heterocycles. The molecule has 0 spiro atoms. The van der Waals surface area contributed by atoms with Gasteiger partial charge in [0.2, 0.25) is 5.91 Å². The van der Waals surface area contributed by atoms with Crippen molar-refractivity contribution in [3.05, 3.63) is 54.4 Å². The molecule has 142 valence electrons. The Bertz CT molecular complexity index is 1160. The summed E-state index contributed by atoms with van der Waals surface area (Å²) in [6, 6.07) is 3.60. The van der Waals surface area contributed by atoms with Crippen LogP contribution in [0.2, 0.25) is 0 Å². The summed E-state index contributed by atoms with van der Waals surface area (Å²) in [4.78, 5) is 33.3. The van der Waals surface area contributed by atoms with E-state index >= 15 is 0 Å². The number of nitrogens with zero attached hydrogens (tertiary/aromatic N) is 3. The summed E-state index contributed by atoms with van der Waals surface area (Å²) in [6.07, 6.45) is 8.66. The number of thiazole rings is 1. The van der Waals surface area contributed by atoms with Crippen LogP contribution in [-0.4, -0.2) is 37.3 Å². The summed E-state index contributed by atoms with van der Waals surface area (Å²) < 4.78 is 1.68. The standard InChI is InChI=1S/C18H15ClN6O2S/c1-10-14(4-12(7-21-10)23-16(26)5-19)24-17(27)13-8-22-25-9-15(28-18(13)25)11-2-3-20-6-11/h2-4,6-9,20H,5H2,1H3,(H,23,26)(H,24,27). The number of aryl methyl sites for hydroxylation is 1. The number of nitrogens with one attached hydrogen (secondary N) is 3. The van der Waals surface area contributed by atoms with Crippen LogP contribution in [0.25, 0.3) is 15.3 Å². The first kappa shape index (κ1) is 18.2. The summed E-state index contributed by atoms with van der Waals surface area (Å²) in [6.45, 7) is 1.77. The van der Waals surface area contributed by atoms with E-state index in [1.165, 1.54) is 23.7 Å². The molecule has 2 amide bonds. The number of amides is 2. The van der Waals surface area contributed by atoms with Gasteiger partial charge in [-0.05, 0) is 19.1 Å². The van der Waals surface area contributed by atoms with Crippen molar-refractivity contribution >= 4 is 51.0 Å². The van der Waals surface area contributed by atoms with Crippen LogP contribution in [-0.2, 0) is 4.79 Å². The van der Waals surface area contributed by atoms with Crippen molar-refractivity contribution in [3.8, 4) is 10.4 Å². The number of aromatic nitrogens is 4. The second-order valence-electron chi connectivity index (χ2n) is 6.00. The molecule has 4 aromatic heterocycles. The molecule has 0 unspecified atom stereocenters. The Balaban J connectivity index is 1.60. The van der Waals surface area contributed by atoms with Gasteiger partial charge in [0, 0.05) is 24.2 Å². The van der Waals surface area contributed by atoms with E-state index in [-0.39, 0.29) is 17.7 Å². The van der Waals surface area contributed by atoms with E-state index in [0.717, 1.165) is 15.3 Å². The predicted molar refractivity (Wildman–Crippen MR) is 109 cm³/mol. The number of hydrogen-bond acceptors (Lipinski definition) is 5. The molecule has 0 saturated carbocycles. The van der Waals surface area contributed by atoms with Crippen molar-refractivity contribution in [2.45, 2.75) is 6.92 Å². The second kappa shape index (κ2) is 7.45. The number of hydrogen-bond donors (Lipinski definition) is 3. The lowest BCUT2D eigenvalue weighted by molar-refractivity contribution is -0.113. The van der Waals surface area contributed by atoms with Crippen LogP contribution >= 0.6 is 22.9 Å². The first-order valence-corrected chi connectivity index (χ1v) is 9.64. The lowest BCUT2D eigenvalue weighted by Gasteiger charge is -2.10. The molecule has 3 N–H and O–H groups in total. The van der Waals surface area contributed by atoms with Gasteiger partial charge in [0.25, 0.3) is 5.91 Å². The monoisotopic (exact) mass is 414 g/mol. The van der Waals surface area contributed by atoms with E-state index in [4.69, 9.17) is 11.6 Å². The highest BCUT2D eigenvalue weighted by atomic mass is 35.5. The molecule has 4 rings (SSSR count). The van der Waals surface area contributed by atoms with Crippen molar-refractivity contribution in [3.63, 3.8) is 0 Å². The number of anilines is 2. The smallest absolute Gasteiger partial charge is 0.260 e. The fourth-order valence-corrected chi connectivity index (χ4v) is 3.79. The molecule has 0 aromatic carbocycles. The number of alkyl halides is 1. The van der Waals surface area contributed by atoms with Gasteiger partial charge in [-0.25, -0.2) is 4.52 Å². The van der Waals surface area contributed by atoms with E-state index < -0.39 is 0 Å². The third-order valence-corrected chi connectivity index (χ3v) is 5.47. The zero-order chi connectivity index (χ0) is 19.7. The zero-order valence-electron chi connectivity index (χ0n) is 14.7. The summed E-state index contributed by atoms with van der Waals surface area (Å²) in [5.74, 6) is -0.812. The van der Waals surface area contributed by atoms with Crippen LogP contribution in [0.15, 0.2) is 43.1 Å². The topological polar surface area (TPSA) is 104 Å². The molecule has 0 aliphatic rings. The van der Waals surface area contributed by atoms with E-state index in [1.54, 1.807) is 17.5 Å². The summed E-state index contributed by atoms with van der Waals surface area (Å²) >= 11 is 6.99. The molecule has 0 radical (unpaired) electrons. The Morgan fingerprint density at radius 3 is 2.93 bits per heavy atom. The Hall–Kier alpha value is -3.17. The SMILES string of the molecule is Cc1ncc(NC(=O)CCl)cc1NC(=O)c1cnn2cc(-c3cc[nH]c3)sc12. The molecular weight excluding hydrogens is 400 g/mol. The zero-order valence-corrected chi connectivity index (χ0v) is 16.3. The Kier molecular flexibility index (Phi) is 4.84. The van der Waals surface area contributed by atoms with Crippen molar-refractivity contribution in [1.29, 1.82) is 0 Å². The fraction of sp³-hybridized carbons (Fsp3) is 0.111. The van der Waals surface area contributed by atoms with Gasteiger partial charge in [0.1, 0.15) is 10.7 Å². The van der Waals surface area contributed by atoms with Gasteiger partial charge in [-0.1, -0.05) is 0 Å². The number of halogens is 1. The average Bonchev–Trinajstić information content (AvgIpc) is 3.40. The van der Waals surface area contributed by atoms with Crippen LogP contribution in [0.5, 0.6) is 0 Å². The van der Waals surface area contributed by atoms with E-state index in [1.807, 2.05) is 24.7 Å². The van der Waals surface area contributed by atoms with Crippen molar-refractivity contribution in [2.24, 2.45) is 0 Å². The Labute approximate surface area is 168 Å². The number of aromatic amines is 1. The normalized spacial score (nSPS) is 10.9. The van der Waals surface area contributed by atoms with Gasteiger partial charge in [0.05, 0.1) is 39.9 Å². The minimum atomic E-state index is -0.348. The number of carbonyl (C=O) groups excluding carboxylic acids is 2. The van der Waals surface area contributed by atoms with E-state index in [9.17, 15) is 9.59 Å². The summed E-state index contributed by atoms with van der Waals surface area (Å²) in [5.41, 5.74) is 3.07. The van der Waals surface area contributed by atoms with Crippen molar-refractivity contribution in [1.82, 2.24) is 19.6 Å². The number of H-pyrrole nitrogens is 1. The Morgan fingerprint density at radius 2 is 2.18 bits per heavy atom. The molecular formula is C18H15ClN6O2S.